The van der Waals surface area contributed by atoms with Crippen LogP contribution >= 0.6 is 0 Å². The number of halogens is 3. The van der Waals surface area contributed by atoms with Crippen molar-refractivity contribution in [3.05, 3.63) is 65.9 Å². The fourth-order valence-corrected chi connectivity index (χ4v) is 11.6. The zero-order valence-electron chi connectivity index (χ0n) is 65.9. The van der Waals surface area contributed by atoms with Gasteiger partial charge in [0.25, 0.3) is 0 Å². The summed E-state index contributed by atoms with van der Waals surface area (Å²) < 4.78 is 37.4. The molecule has 1 aromatic heterocycles. The lowest BCUT2D eigenvalue weighted by Crippen LogP contribution is -2.62. The second kappa shape index (κ2) is 50.4. The molecule has 121 heavy (non-hydrogen) atoms. The van der Waals surface area contributed by atoms with Crippen molar-refractivity contribution in [3.8, 4) is 0 Å². The normalized spacial score (nSPS) is 20.7. The number of cyclic esters (lactones) is 1. The number of H-pyrrole nitrogens is 1. The molecule has 1 fully saturated rings. The summed E-state index contributed by atoms with van der Waals surface area (Å²) >= 11 is 0. The largest absolute Gasteiger partial charge is 0.490 e. The fourth-order valence-electron chi connectivity index (χ4n) is 11.6. The van der Waals surface area contributed by atoms with Crippen LogP contribution in [0, 0.1) is 5.92 Å². The smallest absolute Gasteiger partial charge is 0.481 e. The number of amides is 14. The minimum Gasteiger partial charge on any atom is -0.481 e. The van der Waals surface area contributed by atoms with E-state index >= 15 is 0 Å². The highest BCUT2D eigenvalue weighted by Gasteiger charge is 2.42. The lowest BCUT2D eigenvalue weighted by molar-refractivity contribution is -0.192. The van der Waals surface area contributed by atoms with E-state index in [1.807, 2.05) is 22.9 Å². The van der Waals surface area contributed by atoms with Crippen LogP contribution in [0.1, 0.15) is 140 Å². The summed E-state index contributed by atoms with van der Waals surface area (Å²) in [5, 5.41) is 85.7. The average Bonchev–Trinajstić information content (AvgIpc) is 1.69. The number of carboxylic acid groups (broad SMARTS) is 5. The van der Waals surface area contributed by atoms with Crippen LogP contribution < -0.4 is 86.3 Å². The molecule has 45 nitrogen and oxygen atoms in total. The van der Waals surface area contributed by atoms with Gasteiger partial charge in [0.1, 0.15) is 72.6 Å². The minimum atomic E-state index is -5.08. The SMILES string of the molecule is CCCCCCCCC(=O)N[C@@H](Cc1c[nH]c2ccccc12)C(=O)N[C@@H](CC(N)=O)C(=O)N[C@@H](CC(=O)O)C(=O)N[C@@H]1C(=O)NCC(=O)N[C@@H](CCCN)C(=O)N[C@@H](CC(=O)O)C(=O)N[C@H](C)C(=O)N[C@@H](CC(=O)O)C(=O)NCC(=O)N[C@H](CO)C(=O)N[C@@H]([C@H](C)CC(=O)O)C(=O)N[C@@H](CC(=O)c2ccccc2N)C(=O)O[C@@H]1C.O=C(O)C(F)(F)F. The van der Waals surface area contributed by atoms with Gasteiger partial charge in [0.2, 0.25) is 82.7 Å². The van der Waals surface area contributed by atoms with Crippen LogP contribution in [0.5, 0.6) is 0 Å². The minimum absolute atomic E-state index is 0.0202. The molecule has 1 aliphatic heterocycles. The maximum atomic E-state index is 14.8. The van der Waals surface area contributed by atoms with Crippen LogP contribution in [0.2, 0.25) is 0 Å². The van der Waals surface area contributed by atoms with Gasteiger partial charge in [-0.15, -0.1) is 0 Å². The number of benzene rings is 2. The predicted molar refractivity (Wildman–Crippen MR) is 409 cm³/mol. The lowest BCUT2D eigenvalue weighted by Gasteiger charge is -2.30. The van der Waals surface area contributed by atoms with Crippen molar-refractivity contribution in [3.63, 3.8) is 0 Å². The Hall–Kier alpha value is -13.4. The number of aliphatic carboxylic acids is 5. The standard InChI is InChI=1S/C71H99N17O26.C2HF3O2/c1-5-6-7-8-9-10-21-52(92)80-43(24-37-30-75-41-19-14-12-16-38(37)41)65(107)83-44(26-51(74)91)66(108)85-47(29-58(101)102)67(109)88-60-36(4)114-71(113)48(25-50(90)39-17-11-13-18-40(39)73)86-70(112)59(34(2)23-55(95)96)87-68(110)49(33-89)81-54(94)31-76-62(104)45(27-56(97)98)82-61(103)35(3)78-64(106)46(28-57(99)100)84-63(105)42(20-15-22-72)79-53(93)32-77-69(60)111;3-2(4,5)1(6)7/h11-14,16-19,30,34-36,42-49,59-60,75,89H,5-10,15,20-29,31-33,72-73H2,1-4H3,(H2,74,91)(H,76,104)(H,77,111)(H,78,106)(H,79,93)(H,80,92)(H,81,94)(H,82,103)(H,83,107)(H,84,105)(H,85,108)(H,86,112)(H,87,110)(H,88,109)(H,95,96)(H,97,98)(H,99,100)(H,101,102);(H,6,7)/t34-,35-,36-,42+,43+,44+,45+,46+,47+,48+,49-,59+,60+;/m1./s1. The molecule has 0 radical (unpaired) electrons. The Morgan fingerprint density at radius 1 is 0.562 bits per heavy atom. The Labute approximate surface area is 686 Å². The molecule has 48 heteroatoms. The third-order valence-electron chi connectivity index (χ3n) is 17.9. The first-order valence-electron chi connectivity index (χ1n) is 37.6. The molecule has 13 atom stereocenters. The first-order valence-corrected chi connectivity index (χ1v) is 37.6. The Morgan fingerprint density at radius 3 is 1.65 bits per heavy atom. The Bertz CT molecular complexity index is 4260. The number of carbonyl (C=O) groups excluding carboxylic acids is 16. The number of para-hydroxylation sites is 2. The highest BCUT2D eigenvalue weighted by Crippen LogP contribution is 2.22. The topological polar surface area (TPSA) is 739 Å². The van der Waals surface area contributed by atoms with Gasteiger partial charge < -0.3 is 127 Å². The molecule has 14 amide bonds. The Kier molecular flexibility index (Phi) is 42.3. The van der Waals surface area contributed by atoms with Crippen LogP contribution in [0.3, 0.4) is 0 Å². The monoisotopic (exact) mass is 1720 g/mol. The molecule has 1 aliphatic rings. The number of ketones is 1. The number of hydrogen-bond acceptors (Lipinski definition) is 25. The lowest BCUT2D eigenvalue weighted by atomic mass is 9.96. The van der Waals surface area contributed by atoms with E-state index in [0.29, 0.717) is 29.3 Å². The van der Waals surface area contributed by atoms with Crippen molar-refractivity contribution in [1.29, 1.82) is 0 Å². The molecular formula is C73H100F3N17O28. The second-order valence-corrected chi connectivity index (χ2v) is 27.7. The summed E-state index contributed by atoms with van der Waals surface area (Å²) in [6.45, 7) is 1.08. The number of esters is 1. The number of aliphatic hydroxyl groups is 1. The third kappa shape index (κ3) is 36.1. The number of primary amides is 1. The molecule has 0 bridgehead atoms. The van der Waals surface area contributed by atoms with Crippen molar-refractivity contribution in [2.45, 2.75) is 209 Å². The van der Waals surface area contributed by atoms with Gasteiger partial charge >= 0.3 is 42.0 Å². The number of aromatic nitrogens is 1. The number of carboxylic acids is 5. The molecule has 0 saturated carbocycles. The number of nitrogens with two attached hydrogens (primary N) is 3. The highest BCUT2D eigenvalue weighted by atomic mass is 19.4. The zero-order valence-corrected chi connectivity index (χ0v) is 65.9. The van der Waals surface area contributed by atoms with E-state index in [4.69, 9.17) is 31.8 Å². The number of aromatic amines is 1. The summed E-state index contributed by atoms with van der Waals surface area (Å²) in [6, 6.07) is -10.5. The van der Waals surface area contributed by atoms with Gasteiger partial charge in [-0.2, -0.15) is 13.2 Å². The van der Waals surface area contributed by atoms with E-state index in [-0.39, 0.29) is 37.1 Å². The molecule has 4 rings (SSSR count). The van der Waals surface area contributed by atoms with Crippen LogP contribution in [0.15, 0.2) is 54.7 Å². The number of nitrogen functional groups attached to an aromatic ring is 1. The maximum absolute atomic E-state index is 14.8. The van der Waals surface area contributed by atoms with E-state index in [1.54, 1.807) is 30.5 Å². The number of alkyl halides is 3. The zero-order chi connectivity index (χ0) is 91.1. The number of unbranched alkanes of at least 4 members (excludes halogenated alkanes) is 5. The van der Waals surface area contributed by atoms with E-state index in [2.05, 4.69) is 58.2 Å². The molecule has 2 aromatic carbocycles. The highest BCUT2D eigenvalue weighted by molar-refractivity contribution is 6.05. The Balaban J connectivity index is 0.00000516. The van der Waals surface area contributed by atoms with Crippen LogP contribution in [0.25, 0.3) is 10.9 Å². The van der Waals surface area contributed by atoms with Crippen molar-refractivity contribution in [2.24, 2.45) is 17.4 Å². The first-order chi connectivity index (χ1) is 56.8. The molecule has 1 saturated heterocycles. The van der Waals surface area contributed by atoms with Crippen molar-refractivity contribution in [1.82, 2.24) is 74.1 Å². The van der Waals surface area contributed by atoms with Gasteiger partial charge in [-0.25, -0.2) is 9.59 Å². The van der Waals surface area contributed by atoms with E-state index < -0.39 is 274 Å². The van der Waals surface area contributed by atoms with Gasteiger partial charge in [-0.1, -0.05) is 76.3 Å². The van der Waals surface area contributed by atoms with Crippen LogP contribution in [-0.2, 0) is 107 Å². The summed E-state index contributed by atoms with van der Waals surface area (Å²) in [5.74, 6) is -32.5. The molecule has 2 heterocycles. The number of anilines is 1. The first kappa shape index (κ1) is 102. The number of hydrogen-bond donors (Lipinski definition) is 23. The molecule has 26 N–H and O–H groups in total. The molecule has 666 valence electrons. The van der Waals surface area contributed by atoms with Crippen molar-refractivity contribution < 1.29 is 149 Å². The molecular weight excluding hydrogens is 1620 g/mol. The van der Waals surface area contributed by atoms with Crippen molar-refractivity contribution >= 4 is 141 Å². The molecule has 0 unspecified atom stereocenters. The summed E-state index contributed by atoms with van der Waals surface area (Å²) in [5.41, 5.74) is 18.1. The van der Waals surface area contributed by atoms with Crippen LogP contribution in [-0.4, -0.2) is 265 Å². The summed E-state index contributed by atoms with van der Waals surface area (Å²) in [4.78, 5) is 285. The van der Waals surface area contributed by atoms with Gasteiger partial charge in [-0.05, 0) is 69.3 Å². The number of carbonyl (C=O) groups is 21. The second-order valence-electron chi connectivity index (χ2n) is 27.7. The van der Waals surface area contributed by atoms with Gasteiger partial charge in [-0.3, -0.25) is 91.1 Å². The van der Waals surface area contributed by atoms with E-state index in [0.717, 1.165) is 46.5 Å². The number of rotatable bonds is 34. The summed E-state index contributed by atoms with van der Waals surface area (Å²) in [7, 11) is 0. The number of aliphatic hydroxyl groups excluding tert-OH is 1. The van der Waals surface area contributed by atoms with Gasteiger partial charge in [0.05, 0.1) is 51.8 Å². The quantitative estimate of drug-likeness (QED) is 0.0115. The number of Topliss-reactive ketones (excluding diaryl/α,β-unsaturated/α-hetero) is 1. The molecule has 0 spiro atoms. The average molecular weight is 1720 g/mol. The van der Waals surface area contributed by atoms with Gasteiger partial charge in [0, 0.05) is 47.6 Å². The maximum Gasteiger partial charge on any atom is 0.490 e. The Morgan fingerprint density at radius 2 is 1.08 bits per heavy atom. The van der Waals surface area contributed by atoms with Gasteiger partial charge in [0.15, 0.2) is 5.78 Å². The number of ether oxygens (including phenoxy) is 1. The van der Waals surface area contributed by atoms with Crippen LogP contribution in [0.4, 0.5) is 18.9 Å². The third-order valence-corrected chi connectivity index (χ3v) is 17.9. The van der Waals surface area contributed by atoms with Crippen molar-refractivity contribution in [2.75, 3.05) is 32.0 Å². The fraction of sp³-hybridized carbons (Fsp3) is 0.521. The molecule has 0 aliphatic carbocycles. The molecule has 3 aromatic rings. The predicted octanol–water partition coefficient (Wildman–Crippen LogP) is -5.38. The number of nitrogens with one attached hydrogen (secondary N) is 14. The van der Waals surface area contributed by atoms with E-state index in [1.165, 1.54) is 24.3 Å². The number of fused-ring (bicyclic) bond motifs is 1. The summed E-state index contributed by atoms with van der Waals surface area (Å²) in [6.07, 6.45) is -8.56. The van der Waals surface area contributed by atoms with E-state index in [9.17, 15) is 135 Å².